The number of para-hydroxylation sites is 2. The number of amides is 1. The van der Waals surface area contributed by atoms with E-state index >= 15 is 0 Å². The van der Waals surface area contributed by atoms with E-state index < -0.39 is 0 Å². The van der Waals surface area contributed by atoms with Gasteiger partial charge in [0.25, 0.3) is 0 Å². The van der Waals surface area contributed by atoms with Gasteiger partial charge in [0.05, 0.1) is 22.6 Å². The maximum atomic E-state index is 12.1. The Labute approximate surface area is 174 Å². The minimum atomic E-state index is 0.0599. The maximum absolute atomic E-state index is 12.1. The van der Waals surface area contributed by atoms with E-state index in [2.05, 4.69) is 26.7 Å². The van der Waals surface area contributed by atoms with E-state index in [4.69, 9.17) is 0 Å². The lowest BCUT2D eigenvalue weighted by Crippen LogP contribution is -2.26. The Morgan fingerprint density at radius 2 is 1.80 bits per heavy atom. The largest absolute Gasteiger partial charge is 0.354 e. The Hall–Kier alpha value is -3.93. The Balaban J connectivity index is 1.44. The van der Waals surface area contributed by atoms with Gasteiger partial charge >= 0.3 is 0 Å². The molecule has 1 amide bonds. The summed E-state index contributed by atoms with van der Waals surface area (Å²) in [4.78, 5) is 22.8. The minimum absolute atomic E-state index is 0.0599. The first-order chi connectivity index (χ1) is 14.7. The number of pyridine rings is 2. The molecule has 0 unspecified atom stereocenters. The molecule has 1 aliphatic rings. The van der Waals surface area contributed by atoms with E-state index in [9.17, 15) is 4.79 Å². The molecule has 6 heteroatoms. The number of hydrogen-bond acceptors (Lipinski definition) is 5. The van der Waals surface area contributed by atoms with Crippen LogP contribution in [0.2, 0.25) is 0 Å². The second-order valence-corrected chi connectivity index (χ2v) is 7.29. The van der Waals surface area contributed by atoms with Crippen LogP contribution in [0.25, 0.3) is 10.9 Å². The van der Waals surface area contributed by atoms with E-state index in [1.54, 1.807) is 19.3 Å². The molecule has 2 N–H and O–H groups in total. The van der Waals surface area contributed by atoms with Crippen molar-refractivity contribution in [1.29, 1.82) is 0 Å². The number of carbonyl (C=O) groups is 1. The average Bonchev–Trinajstić information content (AvgIpc) is 3.20. The van der Waals surface area contributed by atoms with Crippen LogP contribution < -0.4 is 15.5 Å². The first-order valence-electron chi connectivity index (χ1n) is 9.93. The number of hydrogen-bond donors (Lipinski definition) is 2. The van der Waals surface area contributed by atoms with Crippen LogP contribution in [0.4, 0.5) is 28.6 Å². The summed E-state index contributed by atoms with van der Waals surface area (Å²) < 4.78 is 0. The predicted molar refractivity (Wildman–Crippen MR) is 121 cm³/mol. The Morgan fingerprint density at radius 3 is 2.70 bits per heavy atom. The smallest absolute Gasteiger partial charge is 0.223 e. The summed E-state index contributed by atoms with van der Waals surface area (Å²) in [6.07, 6.45) is 4.43. The molecule has 0 saturated heterocycles. The molecule has 5 rings (SSSR count). The molecule has 0 atom stereocenters. The quantitative estimate of drug-likeness (QED) is 0.507. The van der Waals surface area contributed by atoms with Crippen molar-refractivity contribution in [3.8, 4) is 0 Å². The lowest BCUT2D eigenvalue weighted by molar-refractivity contribution is -0.116. The highest BCUT2D eigenvalue weighted by Gasteiger charge is 2.25. The molecule has 30 heavy (non-hydrogen) atoms. The van der Waals surface area contributed by atoms with Gasteiger partial charge in [-0.1, -0.05) is 30.3 Å². The fraction of sp³-hybridized carbons (Fsp3) is 0.125. The summed E-state index contributed by atoms with van der Waals surface area (Å²) in [5, 5.41) is 7.90. The summed E-state index contributed by atoms with van der Waals surface area (Å²) in [5.41, 5.74) is 5.86. The molecular weight excluding hydrogens is 374 g/mol. The van der Waals surface area contributed by atoms with Gasteiger partial charge in [0.1, 0.15) is 5.82 Å². The van der Waals surface area contributed by atoms with E-state index in [-0.39, 0.29) is 5.91 Å². The predicted octanol–water partition coefficient (Wildman–Crippen LogP) is 5.03. The molecule has 2 aromatic carbocycles. The van der Waals surface area contributed by atoms with Crippen LogP contribution in [-0.2, 0) is 11.2 Å². The van der Waals surface area contributed by atoms with E-state index in [1.165, 1.54) is 5.56 Å². The van der Waals surface area contributed by atoms with Gasteiger partial charge in [-0.3, -0.25) is 9.78 Å². The number of nitrogens with zero attached hydrogens (tertiary/aromatic N) is 3. The monoisotopic (exact) mass is 395 g/mol. The first-order valence-corrected chi connectivity index (χ1v) is 9.93. The number of anilines is 5. The van der Waals surface area contributed by atoms with Crippen LogP contribution in [0.5, 0.6) is 0 Å². The topological polar surface area (TPSA) is 70.2 Å². The van der Waals surface area contributed by atoms with Crippen molar-refractivity contribution in [2.75, 3.05) is 22.1 Å². The summed E-state index contributed by atoms with van der Waals surface area (Å²) in [5.74, 6) is 0.789. The number of aromatic nitrogens is 2. The third kappa shape index (κ3) is 3.33. The molecule has 0 radical (unpaired) electrons. The van der Waals surface area contributed by atoms with Gasteiger partial charge < -0.3 is 15.5 Å². The lowest BCUT2D eigenvalue weighted by Gasteiger charge is -2.20. The van der Waals surface area contributed by atoms with Crippen molar-refractivity contribution in [1.82, 2.24) is 9.97 Å². The highest BCUT2D eigenvalue weighted by molar-refractivity contribution is 5.98. The number of nitrogens with one attached hydrogen (secondary N) is 2. The zero-order chi connectivity index (χ0) is 20.5. The number of rotatable bonds is 4. The van der Waals surface area contributed by atoms with Gasteiger partial charge in [0, 0.05) is 43.0 Å². The van der Waals surface area contributed by atoms with E-state index in [1.807, 2.05) is 59.5 Å². The van der Waals surface area contributed by atoms with Gasteiger partial charge in [-0.2, -0.15) is 0 Å². The van der Waals surface area contributed by atoms with Crippen molar-refractivity contribution in [3.63, 3.8) is 0 Å². The molecule has 2 aromatic heterocycles. The summed E-state index contributed by atoms with van der Waals surface area (Å²) in [6, 6.07) is 19.9. The first kappa shape index (κ1) is 18.1. The minimum Gasteiger partial charge on any atom is -0.354 e. The van der Waals surface area contributed by atoms with Gasteiger partial charge in [0.2, 0.25) is 5.91 Å². The van der Waals surface area contributed by atoms with Crippen molar-refractivity contribution < 1.29 is 4.79 Å². The van der Waals surface area contributed by atoms with Crippen LogP contribution in [0.15, 0.2) is 73.1 Å². The second kappa shape index (κ2) is 7.48. The van der Waals surface area contributed by atoms with Crippen LogP contribution >= 0.6 is 0 Å². The summed E-state index contributed by atoms with van der Waals surface area (Å²) in [6.45, 7) is 2.33. The average molecular weight is 395 g/mol. The standard InChI is InChI=1S/C24H21N5O/c1-16(30)29-14-11-17-5-4-8-22(24(17)29)27-18-9-12-26-23(15-18)28-21-10-13-25-20-7-3-2-6-19(20)21/h2-10,12-13,15H,11,14H2,1H3,(H2,25,26,27,28). The summed E-state index contributed by atoms with van der Waals surface area (Å²) >= 11 is 0. The Bertz CT molecular complexity index is 1250. The van der Waals surface area contributed by atoms with Crippen LogP contribution in [-0.4, -0.2) is 22.4 Å². The fourth-order valence-electron chi connectivity index (χ4n) is 3.95. The van der Waals surface area contributed by atoms with E-state index in [0.717, 1.165) is 52.4 Å². The van der Waals surface area contributed by atoms with Crippen LogP contribution in [0.3, 0.4) is 0 Å². The SMILES string of the molecule is CC(=O)N1CCc2cccc(Nc3ccnc(Nc4ccnc5ccccc45)c3)c21. The molecule has 4 aromatic rings. The summed E-state index contributed by atoms with van der Waals surface area (Å²) in [7, 11) is 0. The van der Waals surface area contributed by atoms with Crippen LogP contribution in [0, 0.1) is 0 Å². The van der Waals surface area contributed by atoms with Crippen molar-refractivity contribution >= 4 is 45.4 Å². The van der Waals surface area contributed by atoms with Crippen molar-refractivity contribution in [3.05, 3.63) is 78.6 Å². The maximum Gasteiger partial charge on any atom is 0.223 e. The zero-order valence-electron chi connectivity index (χ0n) is 16.6. The molecular formula is C24H21N5O. The van der Waals surface area contributed by atoms with Gasteiger partial charge in [-0.05, 0) is 36.2 Å². The molecule has 3 heterocycles. The molecule has 0 saturated carbocycles. The van der Waals surface area contributed by atoms with Gasteiger partial charge in [0.15, 0.2) is 0 Å². The number of carbonyl (C=O) groups excluding carboxylic acids is 1. The van der Waals surface area contributed by atoms with Crippen LogP contribution in [0.1, 0.15) is 12.5 Å². The molecule has 0 spiro atoms. The second-order valence-electron chi connectivity index (χ2n) is 7.29. The molecule has 6 nitrogen and oxygen atoms in total. The highest BCUT2D eigenvalue weighted by Crippen LogP contribution is 2.37. The third-order valence-corrected chi connectivity index (χ3v) is 5.33. The number of benzene rings is 2. The Morgan fingerprint density at radius 1 is 0.933 bits per heavy atom. The van der Waals surface area contributed by atoms with E-state index in [0.29, 0.717) is 0 Å². The third-order valence-electron chi connectivity index (χ3n) is 5.33. The number of fused-ring (bicyclic) bond motifs is 2. The molecule has 0 fully saturated rings. The molecule has 1 aliphatic heterocycles. The van der Waals surface area contributed by atoms with Gasteiger partial charge in [-0.25, -0.2) is 4.98 Å². The lowest BCUT2D eigenvalue weighted by atomic mass is 10.1. The fourth-order valence-corrected chi connectivity index (χ4v) is 3.95. The molecule has 0 aliphatic carbocycles. The van der Waals surface area contributed by atoms with Gasteiger partial charge in [-0.15, -0.1) is 0 Å². The van der Waals surface area contributed by atoms with Crippen molar-refractivity contribution in [2.24, 2.45) is 0 Å². The zero-order valence-corrected chi connectivity index (χ0v) is 16.6. The normalized spacial score (nSPS) is 12.6. The van der Waals surface area contributed by atoms with Crippen molar-refractivity contribution in [2.45, 2.75) is 13.3 Å². The molecule has 148 valence electrons. The Kier molecular flexibility index (Phi) is 4.52. The molecule has 0 bridgehead atoms. The highest BCUT2D eigenvalue weighted by atomic mass is 16.2.